The number of halogens is 1. The van der Waals surface area contributed by atoms with E-state index in [1.54, 1.807) is 0 Å². The molecule has 0 fully saturated rings. The first-order valence-electron chi connectivity index (χ1n) is 12.6. The molecule has 0 saturated carbocycles. The highest BCUT2D eigenvalue weighted by atomic mass is 79.9. The number of rotatable bonds is 14. The van der Waals surface area contributed by atoms with Crippen LogP contribution in [0.15, 0.2) is 54.6 Å². The molecule has 172 valence electrons. The van der Waals surface area contributed by atoms with Crippen LogP contribution in [0.25, 0.3) is 0 Å². The third kappa shape index (κ3) is 8.41. The summed E-state index contributed by atoms with van der Waals surface area (Å²) in [6.45, 7) is 11.7. The van der Waals surface area contributed by atoms with Crippen molar-refractivity contribution in [1.82, 2.24) is 0 Å². The normalized spacial score (nSPS) is 14.9. The van der Waals surface area contributed by atoms with E-state index in [2.05, 4.69) is 105 Å². The maximum absolute atomic E-state index is 3.66. The van der Waals surface area contributed by atoms with Gasteiger partial charge in [-0.2, -0.15) is 0 Å². The molecule has 0 heterocycles. The van der Waals surface area contributed by atoms with Crippen molar-refractivity contribution in [3.05, 3.63) is 71.3 Å². The summed E-state index contributed by atoms with van der Waals surface area (Å²) in [4.78, 5) is 0. The van der Waals surface area contributed by atoms with Crippen LogP contribution in [0.5, 0.6) is 0 Å². The zero-order valence-corrected chi connectivity index (χ0v) is 22.3. The van der Waals surface area contributed by atoms with Gasteiger partial charge in [-0.25, -0.2) is 0 Å². The third-order valence-corrected chi connectivity index (χ3v) is 8.69. The van der Waals surface area contributed by atoms with Gasteiger partial charge in [-0.1, -0.05) is 137 Å². The van der Waals surface area contributed by atoms with Crippen molar-refractivity contribution < 1.29 is 0 Å². The van der Waals surface area contributed by atoms with Crippen molar-refractivity contribution in [3.63, 3.8) is 0 Å². The van der Waals surface area contributed by atoms with E-state index >= 15 is 0 Å². The summed E-state index contributed by atoms with van der Waals surface area (Å²) in [6.07, 6.45) is 10.7. The van der Waals surface area contributed by atoms with Crippen LogP contribution < -0.4 is 0 Å². The summed E-state index contributed by atoms with van der Waals surface area (Å²) < 4.78 is 0. The minimum absolute atomic E-state index is 0.199. The van der Waals surface area contributed by atoms with Gasteiger partial charge in [0.05, 0.1) is 0 Å². The van der Waals surface area contributed by atoms with E-state index in [0.29, 0.717) is 5.92 Å². The molecule has 2 aromatic rings. The van der Waals surface area contributed by atoms with Gasteiger partial charge in [-0.15, -0.1) is 0 Å². The first kappa shape index (κ1) is 26.2. The van der Waals surface area contributed by atoms with Crippen LogP contribution in [0, 0.1) is 5.92 Å². The van der Waals surface area contributed by atoms with Crippen molar-refractivity contribution in [3.8, 4) is 0 Å². The molecule has 0 N–H and O–H groups in total. The van der Waals surface area contributed by atoms with Gasteiger partial charge in [0, 0.05) is 5.33 Å². The molecule has 0 radical (unpaired) electrons. The average molecular weight is 486 g/mol. The molecule has 2 aromatic carbocycles. The largest absolute Gasteiger partial charge is 0.0919 e. The third-order valence-electron chi connectivity index (χ3n) is 7.29. The monoisotopic (exact) mass is 484 g/mol. The van der Waals surface area contributed by atoms with Gasteiger partial charge in [0.2, 0.25) is 0 Å². The second-order valence-electron chi connectivity index (χ2n) is 10.2. The Hall–Kier alpha value is -1.08. The molecule has 3 atom stereocenters. The minimum Gasteiger partial charge on any atom is -0.0919 e. The van der Waals surface area contributed by atoms with E-state index in [1.165, 1.54) is 68.1 Å². The molecule has 0 spiro atoms. The Kier molecular flexibility index (Phi) is 11.4. The second-order valence-corrected chi connectivity index (χ2v) is 10.8. The highest BCUT2D eigenvalue weighted by Gasteiger charge is 2.19. The molecular weight excluding hydrogens is 440 g/mol. The standard InChI is InChI=1S/C30H45Br/c1-6-25(14-10-8-11-15-26(7-2)28-16-12-9-13-17-28)22-24(3)27-18-20-29(21-19-27)30(4,5)23-31/h9,12-13,16-21,24-26H,6-8,10-11,14-15,22-23H2,1-5H3. The second kappa shape index (κ2) is 13.5. The van der Waals surface area contributed by atoms with Gasteiger partial charge in [-0.3, -0.25) is 0 Å². The lowest BCUT2D eigenvalue weighted by atomic mass is 9.83. The molecule has 31 heavy (non-hydrogen) atoms. The van der Waals surface area contributed by atoms with Crippen molar-refractivity contribution in [1.29, 1.82) is 0 Å². The SMILES string of the molecule is CCC(CCCCCC(CC)c1ccccc1)CC(C)c1ccc(C(C)(C)CBr)cc1. The van der Waals surface area contributed by atoms with E-state index in [4.69, 9.17) is 0 Å². The number of alkyl halides is 1. The van der Waals surface area contributed by atoms with Crippen LogP contribution in [-0.4, -0.2) is 5.33 Å². The molecule has 0 aliphatic rings. The minimum atomic E-state index is 0.199. The Morgan fingerprint density at radius 2 is 1.42 bits per heavy atom. The van der Waals surface area contributed by atoms with Gasteiger partial charge < -0.3 is 0 Å². The van der Waals surface area contributed by atoms with E-state index in [1.807, 2.05) is 0 Å². The number of unbranched alkanes of at least 4 members (excludes halogenated alkanes) is 2. The summed E-state index contributed by atoms with van der Waals surface area (Å²) in [5.41, 5.74) is 4.65. The Morgan fingerprint density at radius 1 is 0.774 bits per heavy atom. The first-order valence-corrected chi connectivity index (χ1v) is 13.7. The van der Waals surface area contributed by atoms with Gasteiger partial charge in [0.1, 0.15) is 0 Å². The zero-order chi connectivity index (χ0) is 22.7. The maximum atomic E-state index is 3.66. The molecule has 0 bridgehead atoms. The predicted molar refractivity (Wildman–Crippen MR) is 143 cm³/mol. The van der Waals surface area contributed by atoms with E-state index in [9.17, 15) is 0 Å². The van der Waals surface area contributed by atoms with Crippen molar-refractivity contribution in [2.45, 2.75) is 103 Å². The molecule has 0 aromatic heterocycles. The maximum Gasteiger partial charge on any atom is 0.0123 e. The molecule has 0 amide bonds. The van der Waals surface area contributed by atoms with Gasteiger partial charge in [0.25, 0.3) is 0 Å². The van der Waals surface area contributed by atoms with E-state index in [0.717, 1.165) is 17.2 Å². The fraction of sp³-hybridized carbons (Fsp3) is 0.600. The quantitative estimate of drug-likeness (QED) is 0.184. The summed E-state index contributed by atoms with van der Waals surface area (Å²) in [6, 6.07) is 20.5. The molecule has 0 saturated heterocycles. The fourth-order valence-electron chi connectivity index (χ4n) is 4.80. The molecule has 2 rings (SSSR count). The lowest BCUT2D eigenvalue weighted by Crippen LogP contribution is -2.18. The topological polar surface area (TPSA) is 0 Å². The lowest BCUT2D eigenvalue weighted by Gasteiger charge is -2.24. The predicted octanol–water partition coefficient (Wildman–Crippen LogP) is 10.0. The van der Waals surface area contributed by atoms with Gasteiger partial charge in [-0.05, 0) is 59.1 Å². The van der Waals surface area contributed by atoms with Crippen molar-refractivity contribution in [2.75, 3.05) is 5.33 Å². The molecule has 1 heteroatoms. The zero-order valence-electron chi connectivity index (χ0n) is 20.7. The number of benzene rings is 2. The molecule has 3 unspecified atom stereocenters. The van der Waals surface area contributed by atoms with Crippen LogP contribution in [0.4, 0.5) is 0 Å². The molecule has 0 aliphatic heterocycles. The highest BCUT2D eigenvalue weighted by Crippen LogP contribution is 2.32. The van der Waals surface area contributed by atoms with E-state index in [-0.39, 0.29) is 5.41 Å². The van der Waals surface area contributed by atoms with Crippen LogP contribution in [0.3, 0.4) is 0 Å². The van der Waals surface area contributed by atoms with Gasteiger partial charge >= 0.3 is 0 Å². The average Bonchev–Trinajstić information content (AvgIpc) is 2.81. The van der Waals surface area contributed by atoms with Crippen LogP contribution >= 0.6 is 15.9 Å². The lowest BCUT2D eigenvalue weighted by molar-refractivity contribution is 0.385. The smallest absolute Gasteiger partial charge is 0.0123 e. The van der Waals surface area contributed by atoms with Crippen LogP contribution in [0.2, 0.25) is 0 Å². The fourth-order valence-corrected chi connectivity index (χ4v) is 5.12. The number of hydrogen-bond acceptors (Lipinski definition) is 0. The summed E-state index contributed by atoms with van der Waals surface area (Å²) >= 11 is 3.66. The summed E-state index contributed by atoms with van der Waals surface area (Å²) in [5, 5.41) is 0.997. The Balaban J connectivity index is 1.75. The van der Waals surface area contributed by atoms with Crippen LogP contribution in [-0.2, 0) is 5.41 Å². The van der Waals surface area contributed by atoms with E-state index < -0.39 is 0 Å². The molecule has 0 aliphatic carbocycles. The number of hydrogen-bond donors (Lipinski definition) is 0. The van der Waals surface area contributed by atoms with Gasteiger partial charge in [0.15, 0.2) is 0 Å². The highest BCUT2D eigenvalue weighted by molar-refractivity contribution is 9.09. The van der Waals surface area contributed by atoms with Crippen molar-refractivity contribution >= 4 is 15.9 Å². The Labute approximate surface area is 201 Å². The molecular formula is C30H45Br. The Bertz CT molecular complexity index is 716. The van der Waals surface area contributed by atoms with Crippen molar-refractivity contribution in [2.24, 2.45) is 5.92 Å². The molecule has 0 nitrogen and oxygen atoms in total. The summed E-state index contributed by atoms with van der Waals surface area (Å²) in [7, 11) is 0. The first-order chi connectivity index (χ1) is 14.9. The Morgan fingerprint density at radius 3 is 2.00 bits per heavy atom. The van der Waals surface area contributed by atoms with Crippen LogP contribution in [0.1, 0.15) is 115 Å². The summed E-state index contributed by atoms with van der Waals surface area (Å²) in [5.74, 6) is 2.24.